The van der Waals surface area contributed by atoms with Gasteiger partial charge in [-0.25, -0.2) is 0 Å². The van der Waals surface area contributed by atoms with Crippen molar-refractivity contribution >= 4 is 18.1 Å². The number of ether oxygens (including phenoxy) is 1. The fraction of sp³-hybridized carbons (Fsp3) is 0.227. The summed E-state index contributed by atoms with van der Waals surface area (Å²) < 4.78 is 51.7. The minimum Gasteiger partial charge on any atom is -0.483 e. The van der Waals surface area contributed by atoms with E-state index in [9.17, 15) is 18.0 Å². The lowest BCUT2D eigenvalue weighted by atomic mass is 10.2. The number of carbonyl (C=O) groups excluding carboxylic acids is 1. The van der Waals surface area contributed by atoms with Crippen molar-refractivity contribution in [2.45, 2.75) is 19.6 Å². The molecule has 0 fully saturated rings. The van der Waals surface area contributed by atoms with E-state index in [1.807, 2.05) is 12.0 Å². The number of aromatic amines is 1. The fourth-order valence-electron chi connectivity index (χ4n) is 3.10. The number of furan rings is 1. The van der Waals surface area contributed by atoms with Gasteiger partial charge >= 0.3 is 6.18 Å². The third-order valence-electron chi connectivity index (χ3n) is 4.60. The second-order valence-corrected chi connectivity index (χ2v) is 6.95. The Labute approximate surface area is 201 Å². The molecule has 0 aliphatic rings. The second kappa shape index (κ2) is 11.8. The molecule has 3 N–H and O–H groups in total. The first-order valence-electron chi connectivity index (χ1n) is 10.4. The van der Waals surface area contributed by atoms with Gasteiger partial charge in [0.2, 0.25) is 0 Å². The van der Waals surface area contributed by atoms with E-state index in [-0.39, 0.29) is 23.6 Å². The molecule has 4 aromatic heterocycles. The number of rotatable bonds is 8. The van der Waals surface area contributed by atoms with E-state index in [0.717, 1.165) is 6.20 Å². The predicted octanol–water partition coefficient (Wildman–Crippen LogP) is 3.94. The van der Waals surface area contributed by atoms with Crippen LogP contribution >= 0.6 is 0 Å². The molecule has 0 unspecified atom stereocenters. The van der Waals surface area contributed by atoms with E-state index in [1.54, 1.807) is 35.3 Å². The highest BCUT2D eigenvalue weighted by Crippen LogP contribution is 2.36. The lowest BCUT2D eigenvalue weighted by Gasteiger charge is -2.05. The highest BCUT2D eigenvalue weighted by molar-refractivity contribution is 6.04. The minimum absolute atomic E-state index is 0.140. The highest BCUT2D eigenvalue weighted by Gasteiger charge is 2.37. The first-order chi connectivity index (χ1) is 17.3. The van der Waals surface area contributed by atoms with Crippen LogP contribution in [0.2, 0.25) is 0 Å². The van der Waals surface area contributed by atoms with Crippen LogP contribution in [0.1, 0.15) is 23.2 Å². The van der Waals surface area contributed by atoms with Crippen LogP contribution in [0.5, 0.6) is 0 Å². The Balaban J connectivity index is 0.00000115. The fourth-order valence-corrected chi connectivity index (χ4v) is 3.10. The van der Waals surface area contributed by atoms with Crippen LogP contribution in [0.4, 0.5) is 18.9 Å². The van der Waals surface area contributed by atoms with Crippen LogP contribution < -0.4 is 5.32 Å². The predicted molar refractivity (Wildman–Crippen MR) is 120 cm³/mol. The number of H-pyrrole nitrogens is 1. The van der Waals surface area contributed by atoms with Crippen LogP contribution in [0.25, 0.3) is 22.7 Å². The van der Waals surface area contributed by atoms with Crippen LogP contribution in [0, 0.1) is 0 Å². The molecule has 0 radical (unpaired) electrons. The Bertz CT molecular complexity index is 1280. The number of halogens is 3. The van der Waals surface area contributed by atoms with Crippen molar-refractivity contribution in [3.63, 3.8) is 0 Å². The molecular formula is C22H21F3N6O5. The second-order valence-electron chi connectivity index (χ2n) is 6.95. The largest absolute Gasteiger partial charge is 0.483 e. The van der Waals surface area contributed by atoms with Gasteiger partial charge in [-0.3, -0.25) is 24.4 Å². The van der Waals surface area contributed by atoms with E-state index < -0.39 is 17.8 Å². The number of anilines is 1. The third kappa shape index (κ3) is 6.35. The normalized spacial score (nSPS) is 11.0. The van der Waals surface area contributed by atoms with Crippen LogP contribution in [0.3, 0.4) is 0 Å². The van der Waals surface area contributed by atoms with Gasteiger partial charge in [0.05, 0.1) is 36.3 Å². The Kier molecular flexibility index (Phi) is 8.57. The Morgan fingerprint density at radius 1 is 1.31 bits per heavy atom. The first kappa shape index (κ1) is 26.2. The zero-order chi connectivity index (χ0) is 26.1. The van der Waals surface area contributed by atoms with Crippen LogP contribution in [0.15, 0.2) is 53.3 Å². The molecule has 190 valence electrons. The number of alkyl halides is 3. The van der Waals surface area contributed by atoms with Gasteiger partial charge < -0.3 is 19.6 Å². The van der Waals surface area contributed by atoms with Gasteiger partial charge in [0.1, 0.15) is 11.5 Å². The van der Waals surface area contributed by atoms with E-state index >= 15 is 0 Å². The molecule has 14 heteroatoms. The molecular weight excluding hydrogens is 485 g/mol. The lowest BCUT2D eigenvalue weighted by molar-refractivity contribution is -0.140. The number of aromatic nitrogens is 5. The summed E-state index contributed by atoms with van der Waals surface area (Å²) in [6.45, 7) is 3.08. The van der Waals surface area contributed by atoms with Gasteiger partial charge in [0, 0.05) is 19.0 Å². The molecule has 4 rings (SSSR count). The monoisotopic (exact) mass is 506 g/mol. The maximum atomic E-state index is 13.1. The summed E-state index contributed by atoms with van der Waals surface area (Å²) in [7, 11) is 0. The molecule has 4 aromatic rings. The number of nitrogens with zero attached hydrogens (tertiary/aromatic N) is 4. The zero-order valence-electron chi connectivity index (χ0n) is 18.8. The van der Waals surface area contributed by atoms with E-state index in [4.69, 9.17) is 19.1 Å². The highest BCUT2D eigenvalue weighted by atomic mass is 19.4. The van der Waals surface area contributed by atoms with E-state index in [0.29, 0.717) is 36.8 Å². The van der Waals surface area contributed by atoms with Crippen molar-refractivity contribution in [3.05, 3.63) is 60.4 Å². The summed E-state index contributed by atoms with van der Waals surface area (Å²) in [4.78, 5) is 25.4. The molecule has 36 heavy (non-hydrogen) atoms. The smallest absolute Gasteiger partial charge is 0.433 e. The number of carbonyl (C=O) groups is 2. The number of pyridine rings is 1. The molecule has 0 bridgehead atoms. The standard InChI is InChI=1S/C21H19F3N6O3.CH2O2/c1-2-32-10-9-30-12-15(18(29-30)14-5-3-4-8-25-14)27-20(31)17-7-6-16(33-17)13-11-26-28-19(13)21(22,23)24;2-1-3/h3-8,11-12H,2,9-10H2,1H3,(H,26,28)(H,27,31);1H,(H,2,3). The quantitative estimate of drug-likeness (QED) is 0.240. The first-order valence-corrected chi connectivity index (χ1v) is 10.4. The molecule has 4 heterocycles. The van der Waals surface area contributed by atoms with Crippen molar-refractivity contribution in [2.75, 3.05) is 18.5 Å². The minimum atomic E-state index is -4.64. The van der Waals surface area contributed by atoms with Crippen LogP contribution in [-0.2, 0) is 22.3 Å². The molecule has 0 aliphatic heterocycles. The van der Waals surface area contributed by atoms with Crippen molar-refractivity contribution in [3.8, 4) is 22.7 Å². The SMILES string of the molecule is CCOCCn1cc(NC(=O)c2ccc(-c3cn[nH]c3C(F)(F)F)o2)c(-c2ccccn2)n1.O=CO. The average molecular weight is 506 g/mol. The maximum absolute atomic E-state index is 13.1. The summed E-state index contributed by atoms with van der Waals surface area (Å²) in [6.07, 6.45) is -0.426. The zero-order valence-corrected chi connectivity index (χ0v) is 18.8. The molecule has 0 atom stereocenters. The summed E-state index contributed by atoms with van der Waals surface area (Å²) in [6, 6.07) is 7.85. The molecule has 1 amide bonds. The summed E-state index contributed by atoms with van der Waals surface area (Å²) >= 11 is 0. The molecule has 0 saturated carbocycles. The maximum Gasteiger partial charge on any atom is 0.433 e. The summed E-state index contributed by atoms with van der Waals surface area (Å²) in [5, 5.41) is 19.4. The van der Waals surface area contributed by atoms with E-state index in [2.05, 4.69) is 20.5 Å². The van der Waals surface area contributed by atoms with Crippen LogP contribution in [-0.4, -0.2) is 55.7 Å². The number of nitrogens with one attached hydrogen (secondary N) is 2. The van der Waals surface area contributed by atoms with Crippen molar-refractivity contribution in [1.82, 2.24) is 25.0 Å². The Morgan fingerprint density at radius 2 is 2.08 bits per heavy atom. The van der Waals surface area contributed by atoms with Gasteiger partial charge in [-0.2, -0.15) is 23.4 Å². The van der Waals surface area contributed by atoms with E-state index in [1.165, 1.54) is 12.1 Å². The van der Waals surface area contributed by atoms with Gasteiger partial charge in [0.25, 0.3) is 12.4 Å². The van der Waals surface area contributed by atoms with Gasteiger partial charge in [0.15, 0.2) is 11.5 Å². The number of carboxylic acid groups (broad SMARTS) is 1. The number of hydrogen-bond donors (Lipinski definition) is 3. The molecule has 0 spiro atoms. The third-order valence-corrected chi connectivity index (χ3v) is 4.60. The van der Waals surface area contributed by atoms with Crippen molar-refractivity contribution in [1.29, 1.82) is 0 Å². The Morgan fingerprint density at radius 3 is 2.75 bits per heavy atom. The molecule has 11 nitrogen and oxygen atoms in total. The molecule has 0 aliphatic carbocycles. The van der Waals surface area contributed by atoms with Crippen molar-refractivity contribution in [2.24, 2.45) is 0 Å². The summed E-state index contributed by atoms with van der Waals surface area (Å²) in [5.74, 6) is -0.966. The number of amides is 1. The number of hydrogen-bond acceptors (Lipinski definition) is 7. The molecule has 0 saturated heterocycles. The van der Waals surface area contributed by atoms with Gasteiger partial charge in [-0.1, -0.05) is 6.07 Å². The molecule has 0 aromatic carbocycles. The van der Waals surface area contributed by atoms with Crippen molar-refractivity contribution < 1.29 is 37.0 Å². The lowest BCUT2D eigenvalue weighted by Crippen LogP contribution is -2.11. The topological polar surface area (TPSA) is 148 Å². The van der Waals surface area contributed by atoms with Gasteiger partial charge in [-0.05, 0) is 31.2 Å². The summed E-state index contributed by atoms with van der Waals surface area (Å²) in [5.41, 5.74) is -0.0125. The average Bonchev–Trinajstić information content (AvgIpc) is 3.59. The Hall–Kier alpha value is -4.46. The van der Waals surface area contributed by atoms with Gasteiger partial charge in [-0.15, -0.1) is 0 Å².